The maximum Gasteiger partial charge on any atom is 0.340 e. The minimum absolute atomic E-state index is 0.171. The highest BCUT2D eigenvalue weighted by Gasteiger charge is 2.12. The number of hydrogen-bond acceptors (Lipinski definition) is 6. The Bertz CT molecular complexity index is 526. The topological polar surface area (TPSA) is 78.1 Å². The van der Waals surface area contributed by atoms with Crippen LogP contribution in [0.2, 0.25) is 0 Å². The highest BCUT2D eigenvalue weighted by Crippen LogP contribution is 2.13. The van der Waals surface area contributed by atoms with Gasteiger partial charge in [0, 0.05) is 11.6 Å². The summed E-state index contributed by atoms with van der Waals surface area (Å²) < 4.78 is 5.12. The average molecular weight is 249 g/mol. The van der Waals surface area contributed by atoms with Crippen molar-refractivity contribution in [2.75, 3.05) is 5.73 Å². The van der Waals surface area contributed by atoms with Crippen LogP contribution in [0.3, 0.4) is 0 Å². The van der Waals surface area contributed by atoms with E-state index in [4.69, 9.17) is 10.5 Å². The molecule has 2 aromatic rings. The monoisotopic (exact) mass is 249 g/mol. The Balaban J connectivity index is 2.07. The molecule has 0 saturated heterocycles. The lowest BCUT2D eigenvalue weighted by Crippen LogP contribution is -2.08. The third-order valence-electron chi connectivity index (χ3n) is 2.14. The highest BCUT2D eigenvalue weighted by atomic mass is 32.1. The van der Waals surface area contributed by atoms with Crippen LogP contribution in [-0.4, -0.2) is 15.9 Å². The Morgan fingerprint density at radius 3 is 3.06 bits per heavy atom. The summed E-state index contributed by atoms with van der Waals surface area (Å²) in [4.78, 5) is 19.8. The van der Waals surface area contributed by atoms with Crippen LogP contribution in [0.5, 0.6) is 0 Å². The van der Waals surface area contributed by atoms with Crippen LogP contribution < -0.4 is 5.73 Å². The van der Waals surface area contributed by atoms with E-state index in [0.717, 1.165) is 5.01 Å². The van der Waals surface area contributed by atoms with Crippen LogP contribution in [0.4, 0.5) is 5.69 Å². The molecular weight excluding hydrogens is 238 g/mol. The molecule has 17 heavy (non-hydrogen) atoms. The molecule has 0 aliphatic carbocycles. The van der Waals surface area contributed by atoms with E-state index < -0.39 is 5.97 Å². The van der Waals surface area contributed by atoms with Gasteiger partial charge >= 0.3 is 5.97 Å². The molecule has 2 aromatic heterocycles. The van der Waals surface area contributed by atoms with Gasteiger partial charge in [-0.1, -0.05) is 0 Å². The number of anilines is 1. The van der Waals surface area contributed by atoms with E-state index >= 15 is 0 Å². The fourth-order valence-electron chi connectivity index (χ4n) is 1.29. The Morgan fingerprint density at radius 1 is 1.53 bits per heavy atom. The van der Waals surface area contributed by atoms with Gasteiger partial charge in [-0.3, -0.25) is 4.98 Å². The fraction of sp³-hybridized carbons (Fsp3) is 0.182. The molecule has 0 atom stereocenters. The Hall–Kier alpha value is -1.95. The highest BCUT2D eigenvalue weighted by molar-refractivity contribution is 7.09. The summed E-state index contributed by atoms with van der Waals surface area (Å²) in [6.07, 6.45) is 3.17. The third kappa shape index (κ3) is 2.79. The van der Waals surface area contributed by atoms with E-state index in [0.29, 0.717) is 16.9 Å². The Morgan fingerprint density at radius 2 is 2.35 bits per heavy atom. The van der Waals surface area contributed by atoms with E-state index in [1.807, 2.05) is 5.38 Å². The maximum atomic E-state index is 11.8. The molecular formula is C11H11N3O2S. The summed E-state index contributed by atoms with van der Waals surface area (Å²) in [5.74, 6) is -0.433. The minimum atomic E-state index is -0.433. The minimum Gasteiger partial charge on any atom is -0.455 e. The van der Waals surface area contributed by atoms with Crippen molar-refractivity contribution in [3.05, 3.63) is 40.1 Å². The molecule has 2 heterocycles. The number of nitrogens with zero attached hydrogens (tertiary/aromatic N) is 2. The van der Waals surface area contributed by atoms with Crippen LogP contribution in [0.25, 0.3) is 0 Å². The molecule has 0 aromatic carbocycles. The van der Waals surface area contributed by atoms with Crippen molar-refractivity contribution in [2.24, 2.45) is 0 Å². The molecule has 88 valence electrons. The van der Waals surface area contributed by atoms with E-state index in [9.17, 15) is 4.79 Å². The summed E-state index contributed by atoms with van der Waals surface area (Å²) in [6.45, 7) is 1.91. The number of rotatable bonds is 3. The lowest BCUT2D eigenvalue weighted by atomic mass is 10.2. The van der Waals surface area contributed by atoms with Crippen molar-refractivity contribution in [1.29, 1.82) is 0 Å². The molecule has 5 nitrogen and oxygen atoms in total. The van der Waals surface area contributed by atoms with Crippen LogP contribution in [0.1, 0.15) is 21.1 Å². The molecule has 0 aliphatic heterocycles. The molecule has 0 radical (unpaired) electrons. The molecule has 0 amide bonds. The van der Waals surface area contributed by atoms with Gasteiger partial charge in [0.05, 0.1) is 23.1 Å². The number of nitrogens with two attached hydrogens (primary N) is 1. The van der Waals surface area contributed by atoms with Gasteiger partial charge in [-0.25, -0.2) is 9.78 Å². The molecule has 0 spiro atoms. The number of esters is 1. The summed E-state index contributed by atoms with van der Waals surface area (Å²) in [5.41, 5.74) is 7.01. The fourth-order valence-corrected chi connectivity index (χ4v) is 1.81. The van der Waals surface area contributed by atoms with Crippen molar-refractivity contribution in [2.45, 2.75) is 13.5 Å². The number of thiazole rings is 1. The van der Waals surface area contributed by atoms with E-state index in [-0.39, 0.29) is 6.61 Å². The first kappa shape index (κ1) is 11.5. The zero-order chi connectivity index (χ0) is 12.3. The van der Waals surface area contributed by atoms with Gasteiger partial charge in [0.15, 0.2) is 0 Å². The van der Waals surface area contributed by atoms with Crippen molar-refractivity contribution < 1.29 is 9.53 Å². The number of ether oxygens (including phenoxy) is 1. The van der Waals surface area contributed by atoms with Gasteiger partial charge in [0.2, 0.25) is 0 Å². The molecule has 6 heteroatoms. The summed E-state index contributed by atoms with van der Waals surface area (Å²) in [7, 11) is 0. The smallest absolute Gasteiger partial charge is 0.340 e. The summed E-state index contributed by atoms with van der Waals surface area (Å²) >= 11 is 1.44. The number of pyridine rings is 1. The Kier molecular flexibility index (Phi) is 3.34. The number of carbonyl (C=O) groups excluding carboxylic acids is 1. The standard InChI is InChI=1S/C11H11N3O2S/c1-7-9(4-8(12)5-14-7)11(15)16-6-10-13-2-3-17-10/h2-5H,6,12H2,1H3. The first-order valence-corrected chi connectivity index (χ1v) is 5.82. The van der Waals surface area contributed by atoms with Crippen LogP contribution in [0.15, 0.2) is 23.8 Å². The number of aromatic nitrogens is 2. The quantitative estimate of drug-likeness (QED) is 0.839. The van der Waals surface area contributed by atoms with Gasteiger partial charge in [0.1, 0.15) is 11.6 Å². The molecule has 0 saturated carbocycles. The first-order chi connectivity index (χ1) is 8.16. The maximum absolute atomic E-state index is 11.8. The SMILES string of the molecule is Cc1ncc(N)cc1C(=O)OCc1nccs1. The molecule has 0 fully saturated rings. The summed E-state index contributed by atoms with van der Waals surface area (Å²) in [5, 5.41) is 2.59. The molecule has 0 unspecified atom stereocenters. The van der Waals surface area contributed by atoms with Crippen molar-refractivity contribution in [1.82, 2.24) is 9.97 Å². The average Bonchev–Trinajstić information content (AvgIpc) is 2.82. The predicted molar refractivity (Wildman–Crippen MR) is 64.6 cm³/mol. The van der Waals surface area contributed by atoms with Gasteiger partial charge in [-0.05, 0) is 13.0 Å². The van der Waals surface area contributed by atoms with E-state index in [1.54, 1.807) is 19.2 Å². The molecule has 2 rings (SSSR count). The van der Waals surface area contributed by atoms with Crippen LogP contribution in [-0.2, 0) is 11.3 Å². The second-order valence-corrected chi connectivity index (χ2v) is 4.38. The van der Waals surface area contributed by atoms with E-state index in [1.165, 1.54) is 17.5 Å². The normalized spacial score (nSPS) is 10.2. The first-order valence-electron chi connectivity index (χ1n) is 4.94. The van der Waals surface area contributed by atoms with Crippen molar-refractivity contribution >= 4 is 23.0 Å². The number of nitrogen functional groups attached to an aromatic ring is 1. The second kappa shape index (κ2) is 4.92. The lowest BCUT2D eigenvalue weighted by Gasteiger charge is -2.05. The van der Waals surface area contributed by atoms with E-state index in [2.05, 4.69) is 9.97 Å². The zero-order valence-electron chi connectivity index (χ0n) is 9.21. The number of aryl methyl sites for hydroxylation is 1. The predicted octanol–water partition coefficient (Wildman–Crippen LogP) is 1.79. The van der Waals surface area contributed by atoms with Crippen LogP contribution >= 0.6 is 11.3 Å². The van der Waals surface area contributed by atoms with Crippen LogP contribution in [0, 0.1) is 6.92 Å². The Labute approximate surface area is 102 Å². The molecule has 2 N–H and O–H groups in total. The van der Waals surface area contributed by atoms with Gasteiger partial charge in [0.25, 0.3) is 0 Å². The number of carbonyl (C=O) groups is 1. The van der Waals surface area contributed by atoms with Crippen molar-refractivity contribution in [3.8, 4) is 0 Å². The largest absolute Gasteiger partial charge is 0.455 e. The third-order valence-corrected chi connectivity index (χ3v) is 2.89. The second-order valence-electron chi connectivity index (χ2n) is 3.40. The zero-order valence-corrected chi connectivity index (χ0v) is 10.0. The summed E-state index contributed by atoms with van der Waals surface area (Å²) in [6, 6.07) is 1.56. The van der Waals surface area contributed by atoms with Gasteiger partial charge < -0.3 is 10.5 Å². The lowest BCUT2D eigenvalue weighted by molar-refractivity contribution is 0.0471. The molecule has 0 bridgehead atoms. The number of hydrogen-bond donors (Lipinski definition) is 1. The molecule has 0 aliphatic rings. The van der Waals surface area contributed by atoms with Crippen molar-refractivity contribution in [3.63, 3.8) is 0 Å². The van der Waals surface area contributed by atoms with Gasteiger partial charge in [-0.15, -0.1) is 11.3 Å². The van der Waals surface area contributed by atoms with Gasteiger partial charge in [-0.2, -0.15) is 0 Å².